The van der Waals surface area contributed by atoms with E-state index in [2.05, 4.69) is 0 Å². The van der Waals surface area contributed by atoms with Crippen LogP contribution in [0.25, 0.3) is 0 Å². The predicted octanol–water partition coefficient (Wildman–Crippen LogP) is 0.534. The molecule has 3 rings (SSSR count). The molecular weight excluding hydrogens is 154 g/mol. The van der Waals surface area contributed by atoms with Gasteiger partial charge in [0.25, 0.3) is 0 Å². The number of ether oxygens (including phenoxy) is 1. The lowest BCUT2D eigenvalue weighted by atomic mass is 9.69. The van der Waals surface area contributed by atoms with Crippen LogP contribution in [0.1, 0.15) is 19.3 Å². The number of rotatable bonds is 2. The zero-order valence-corrected chi connectivity index (χ0v) is 7.38. The Morgan fingerprint density at radius 2 is 2.25 bits per heavy atom. The van der Waals surface area contributed by atoms with Crippen LogP contribution in [0.3, 0.4) is 0 Å². The summed E-state index contributed by atoms with van der Waals surface area (Å²) in [6.45, 7) is 0.733. The Bertz CT molecular complexity index is 209. The topological polar surface area (TPSA) is 52.3 Å². The fourth-order valence-corrected chi connectivity index (χ4v) is 2.81. The standard InChI is InChI=1S/C9H15NO2/c1-12-8(11)7-4-9(5-10)2-6(7)3-9/h6-7H,2-5,10H2,1H3. The molecule has 68 valence electrons. The van der Waals surface area contributed by atoms with E-state index in [0.29, 0.717) is 11.3 Å². The van der Waals surface area contributed by atoms with Crippen LogP contribution in [0, 0.1) is 17.3 Å². The van der Waals surface area contributed by atoms with E-state index in [0.717, 1.165) is 25.8 Å². The number of nitrogens with two attached hydrogens (primary N) is 1. The predicted molar refractivity (Wildman–Crippen MR) is 44.3 cm³/mol. The fraction of sp³-hybridized carbons (Fsp3) is 0.889. The van der Waals surface area contributed by atoms with Gasteiger partial charge in [0.15, 0.2) is 0 Å². The Hall–Kier alpha value is -0.570. The number of esters is 1. The van der Waals surface area contributed by atoms with Gasteiger partial charge in [-0.05, 0) is 37.1 Å². The second-order valence-electron chi connectivity index (χ2n) is 4.21. The van der Waals surface area contributed by atoms with Crippen LogP contribution < -0.4 is 5.73 Å². The third-order valence-electron chi connectivity index (χ3n) is 3.55. The van der Waals surface area contributed by atoms with Crippen LogP contribution in [-0.2, 0) is 9.53 Å². The largest absolute Gasteiger partial charge is 0.469 e. The van der Waals surface area contributed by atoms with Gasteiger partial charge in [0.2, 0.25) is 0 Å². The molecule has 3 nitrogen and oxygen atoms in total. The molecule has 3 fully saturated rings. The number of fused-ring (bicyclic) bond motifs is 1. The third-order valence-corrected chi connectivity index (χ3v) is 3.55. The monoisotopic (exact) mass is 169 g/mol. The molecule has 2 bridgehead atoms. The number of carbonyl (C=O) groups excluding carboxylic acids is 1. The summed E-state index contributed by atoms with van der Waals surface area (Å²) < 4.78 is 4.74. The molecule has 3 aliphatic carbocycles. The van der Waals surface area contributed by atoms with E-state index < -0.39 is 0 Å². The second-order valence-corrected chi connectivity index (χ2v) is 4.21. The molecule has 2 N–H and O–H groups in total. The summed E-state index contributed by atoms with van der Waals surface area (Å²) in [6, 6.07) is 0. The summed E-state index contributed by atoms with van der Waals surface area (Å²) >= 11 is 0. The zero-order valence-electron chi connectivity index (χ0n) is 7.38. The number of hydrogen-bond donors (Lipinski definition) is 1. The van der Waals surface area contributed by atoms with Crippen LogP contribution in [-0.4, -0.2) is 19.6 Å². The molecule has 0 heterocycles. The highest BCUT2D eigenvalue weighted by Gasteiger charge is 2.57. The summed E-state index contributed by atoms with van der Waals surface area (Å²) in [6.07, 6.45) is 3.24. The molecule has 3 aliphatic rings. The third kappa shape index (κ3) is 0.891. The minimum atomic E-state index is -0.0344. The molecule has 0 aliphatic heterocycles. The lowest BCUT2D eigenvalue weighted by Gasteiger charge is -2.37. The normalized spacial score (nSPS) is 43.8. The van der Waals surface area contributed by atoms with Crippen LogP contribution >= 0.6 is 0 Å². The van der Waals surface area contributed by atoms with Crippen molar-refractivity contribution in [3.63, 3.8) is 0 Å². The van der Waals surface area contributed by atoms with Crippen molar-refractivity contribution in [2.45, 2.75) is 19.3 Å². The van der Waals surface area contributed by atoms with Gasteiger partial charge >= 0.3 is 5.97 Å². The summed E-state index contributed by atoms with van der Waals surface area (Å²) in [5, 5.41) is 0. The molecule has 0 radical (unpaired) electrons. The van der Waals surface area contributed by atoms with Crippen molar-refractivity contribution in [1.29, 1.82) is 0 Å². The molecule has 1 atom stereocenters. The van der Waals surface area contributed by atoms with Gasteiger partial charge in [-0.15, -0.1) is 0 Å². The van der Waals surface area contributed by atoms with Crippen molar-refractivity contribution in [3.8, 4) is 0 Å². The number of hydrogen-bond acceptors (Lipinski definition) is 3. The maximum Gasteiger partial charge on any atom is 0.308 e. The van der Waals surface area contributed by atoms with Crippen LogP contribution in [0.15, 0.2) is 0 Å². The van der Waals surface area contributed by atoms with Gasteiger partial charge < -0.3 is 10.5 Å². The first-order valence-electron chi connectivity index (χ1n) is 4.49. The van der Waals surface area contributed by atoms with Crippen molar-refractivity contribution in [1.82, 2.24) is 0 Å². The average molecular weight is 169 g/mol. The zero-order chi connectivity index (χ0) is 8.77. The van der Waals surface area contributed by atoms with E-state index in [9.17, 15) is 4.79 Å². The van der Waals surface area contributed by atoms with Gasteiger partial charge in [-0.3, -0.25) is 4.79 Å². The molecule has 0 aromatic carbocycles. The van der Waals surface area contributed by atoms with Gasteiger partial charge in [0.1, 0.15) is 0 Å². The highest BCUT2D eigenvalue weighted by molar-refractivity contribution is 5.74. The first-order chi connectivity index (χ1) is 5.71. The first-order valence-corrected chi connectivity index (χ1v) is 4.49. The number of methoxy groups -OCH3 is 1. The van der Waals surface area contributed by atoms with Crippen molar-refractivity contribution >= 4 is 5.97 Å². The fourth-order valence-electron chi connectivity index (χ4n) is 2.81. The maximum atomic E-state index is 11.2. The molecular formula is C9H15NO2. The van der Waals surface area contributed by atoms with Gasteiger partial charge in [0.05, 0.1) is 13.0 Å². The molecule has 3 saturated carbocycles. The molecule has 12 heavy (non-hydrogen) atoms. The Kier molecular flexibility index (Phi) is 1.65. The Morgan fingerprint density at radius 1 is 1.58 bits per heavy atom. The lowest BCUT2D eigenvalue weighted by Crippen LogP contribution is -2.35. The van der Waals surface area contributed by atoms with E-state index >= 15 is 0 Å². The van der Waals surface area contributed by atoms with Gasteiger partial charge in [-0.25, -0.2) is 0 Å². The smallest absolute Gasteiger partial charge is 0.308 e. The van der Waals surface area contributed by atoms with E-state index in [1.165, 1.54) is 7.11 Å². The van der Waals surface area contributed by atoms with Gasteiger partial charge in [-0.2, -0.15) is 0 Å². The van der Waals surface area contributed by atoms with Crippen LogP contribution in [0.2, 0.25) is 0 Å². The minimum Gasteiger partial charge on any atom is -0.469 e. The van der Waals surface area contributed by atoms with Crippen molar-refractivity contribution < 1.29 is 9.53 Å². The summed E-state index contributed by atoms with van der Waals surface area (Å²) in [4.78, 5) is 11.2. The number of carbonyl (C=O) groups is 1. The maximum absolute atomic E-state index is 11.2. The van der Waals surface area contributed by atoms with Crippen LogP contribution in [0.4, 0.5) is 0 Å². The van der Waals surface area contributed by atoms with Crippen molar-refractivity contribution in [3.05, 3.63) is 0 Å². The highest BCUT2D eigenvalue weighted by Crippen LogP contribution is 2.61. The van der Waals surface area contributed by atoms with E-state index in [1.807, 2.05) is 0 Å². The molecule has 0 aromatic rings. The van der Waals surface area contributed by atoms with Gasteiger partial charge in [0, 0.05) is 0 Å². The minimum absolute atomic E-state index is 0.0344. The summed E-state index contributed by atoms with van der Waals surface area (Å²) in [7, 11) is 1.47. The summed E-state index contributed by atoms with van der Waals surface area (Å²) in [5.41, 5.74) is 5.97. The molecule has 0 saturated heterocycles. The van der Waals surface area contributed by atoms with E-state index in [-0.39, 0.29) is 11.9 Å². The van der Waals surface area contributed by atoms with Crippen LogP contribution in [0.5, 0.6) is 0 Å². The Labute approximate surface area is 72.3 Å². The van der Waals surface area contributed by atoms with E-state index in [1.54, 1.807) is 0 Å². The second kappa shape index (κ2) is 2.46. The van der Waals surface area contributed by atoms with Gasteiger partial charge in [-0.1, -0.05) is 0 Å². The first kappa shape index (κ1) is 8.05. The Balaban J connectivity index is 2.02. The molecule has 0 aromatic heterocycles. The molecule has 0 spiro atoms. The van der Waals surface area contributed by atoms with E-state index in [4.69, 9.17) is 10.5 Å². The molecule has 0 amide bonds. The summed E-state index contributed by atoms with van der Waals surface area (Å²) in [5.74, 6) is 0.687. The van der Waals surface area contributed by atoms with Crippen molar-refractivity contribution in [2.24, 2.45) is 23.0 Å². The molecule has 3 heteroatoms. The Morgan fingerprint density at radius 3 is 2.67 bits per heavy atom. The average Bonchev–Trinajstić information content (AvgIpc) is 2.56. The SMILES string of the molecule is COC(=O)C1CC2(CN)CC1C2. The molecule has 1 unspecified atom stereocenters. The lowest BCUT2D eigenvalue weighted by molar-refractivity contribution is -0.146. The highest BCUT2D eigenvalue weighted by atomic mass is 16.5. The quantitative estimate of drug-likeness (QED) is 0.614. The van der Waals surface area contributed by atoms with Crippen molar-refractivity contribution in [2.75, 3.05) is 13.7 Å².